The number of nitrogens with one attached hydrogen (secondary N) is 1. The van der Waals surface area contributed by atoms with Crippen LogP contribution in [0.25, 0.3) is 0 Å². The van der Waals surface area contributed by atoms with Crippen LogP contribution in [0.5, 0.6) is 0 Å². The Bertz CT molecular complexity index is 675. The zero-order chi connectivity index (χ0) is 18.7. The van der Waals surface area contributed by atoms with Crippen molar-refractivity contribution in [3.05, 3.63) is 35.4 Å². The number of benzene rings is 1. The summed E-state index contributed by atoms with van der Waals surface area (Å²) < 4.78 is 39.6. The zero-order valence-electron chi connectivity index (χ0n) is 14.1. The van der Waals surface area contributed by atoms with Crippen LogP contribution in [0.4, 0.5) is 13.2 Å². The van der Waals surface area contributed by atoms with Crippen LogP contribution in [-0.2, 0) is 27.1 Å². The number of carbonyl (C=O) groups is 2. The average molecular weight is 371 g/mol. The molecule has 1 aromatic rings. The fourth-order valence-electron chi connectivity index (χ4n) is 3.24. The molecule has 142 valence electrons. The summed E-state index contributed by atoms with van der Waals surface area (Å²) in [6.45, 7) is 1.56. The third-order valence-electron chi connectivity index (χ3n) is 4.54. The Morgan fingerprint density at radius 1 is 1.27 bits per heavy atom. The normalized spacial score (nSPS) is 21.7. The molecule has 1 atom stereocenters. The topological polar surface area (TPSA) is 61.9 Å². The quantitative estimate of drug-likeness (QED) is 0.873. The molecule has 3 rings (SSSR count). The molecule has 9 heteroatoms. The van der Waals surface area contributed by atoms with E-state index in [1.54, 1.807) is 4.90 Å². The van der Waals surface area contributed by atoms with Gasteiger partial charge >= 0.3 is 6.18 Å². The molecule has 1 unspecified atom stereocenters. The van der Waals surface area contributed by atoms with E-state index in [1.165, 1.54) is 23.3 Å². The first-order valence-electron chi connectivity index (χ1n) is 8.46. The molecule has 2 fully saturated rings. The summed E-state index contributed by atoms with van der Waals surface area (Å²) in [6.07, 6.45) is -3.87. The summed E-state index contributed by atoms with van der Waals surface area (Å²) in [4.78, 5) is 31.4. The van der Waals surface area contributed by atoms with Gasteiger partial charge in [-0.25, -0.2) is 5.06 Å². The second-order valence-corrected chi connectivity index (χ2v) is 6.32. The number of piperazine rings is 1. The molecule has 2 aliphatic heterocycles. The van der Waals surface area contributed by atoms with Crippen molar-refractivity contribution in [2.24, 2.45) is 0 Å². The Balaban J connectivity index is 1.76. The van der Waals surface area contributed by atoms with Crippen LogP contribution in [0.2, 0.25) is 0 Å². The van der Waals surface area contributed by atoms with Crippen LogP contribution in [0, 0.1) is 0 Å². The lowest BCUT2D eigenvalue weighted by Gasteiger charge is -2.35. The molecule has 6 nitrogen and oxygen atoms in total. The average Bonchev–Trinajstić information content (AvgIpc) is 3.12. The van der Waals surface area contributed by atoms with Gasteiger partial charge in [0.2, 0.25) is 11.8 Å². The van der Waals surface area contributed by atoms with E-state index in [2.05, 4.69) is 5.32 Å². The van der Waals surface area contributed by atoms with Gasteiger partial charge in [-0.05, 0) is 18.1 Å². The molecule has 0 bridgehead atoms. The minimum absolute atomic E-state index is 0.0537. The molecule has 0 aliphatic carbocycles. The highest BCUT2D eigenvalue weighted by molar-refractivity contribution is 5.88. The van der Waals surface area contributed by atoms with Gasteiger partial charge in [-0.3, -0.25) is 19.3 Å². The largest absolute Gasteiger partial charge is 0.416 e. The predicted molar refractivity (Wildman–Crippen MR) is 85.6 cm³/mol. The molecule has 0 aromatic heterocycles. The zero-order valence-corrected chi connectivity index (χ0v) is 14.1. The lowest BCUT2D eigenvalue weighted by molar-refractivity contribution is -0.171. The van der Waals surface area contributed by atoms with Gasteiger partial charge in [0, 0.05) is 19.6 Å². The van der Waals surface area contributed by atoms with Crippen molar-refractivity contribution < 1.29 is 27.6 Å². The number of amides is 2. The number of hydroxylamine groups is 2. The number of rotatable bonds is 4. The highest BCUT2D eigenvalue weighted by Crippen LogP contribution is 2.32. The molecule has 26 heavy (non-hydrogen) atoms. The van der Waals surface area contributed by atoms with Crippen LogP contribution in [0.15, 0.2) is 24.3 Å². The smallest absolute Gasteiger partial charge is 0.353 e. The number of hydrogen-bond donors (Lipinski definition) is 1. The van der Waals surface area contributed by atoms with E-state index in [4.69, 9.17) is 4.84 Å². The second kappa shape index (κ2) is 7.63. The van der Waals surface area contributed by atoms with Gasteiger partial charge in [-0.2, -0.15) is 13.2 Å². The Morgan fingerprint density at radius 2 is 2.04 bits per heavy atom. The summed E-state index contributed by atoms with van der Waals surface area (Å²) in [7, 11) is 0. The number of carbonyl (C=O) groups excluding carboxylic acids is 2. The number of nitrogens with zero attached hydrogens (tertiary/aromatic N) is 2. The first-order valence-corrected chi connectivity index (χ1v) is 8.46. The van der Waals surface area contributed by atoms with E-state index in [0.29, 0.717) is 26.2 Å². The van der Waals surface area contributed by atoms with Crippen LogP contribution in [0.3, 0.4) is 0 Å². The lowest BCUT2D eigenvalue weighted by atomic mass is 10.0. The summed E-state index contributed by atoms with van der Waals surface area (Å²) in [5.41, 5.74) is -0.636. The predicted octanol–water partition coefficient (Wildman–Crippen LogP) is 1.56. The maximum atomic E-state index is 13.2. The van der Waals surface area contributed by atoms with E-state index in [0.717, 1.165) is 12.5 Å². The van der Waals surface area contributed by atoms with E-state index < -0.39 is 17.8 Å². The Labute approximate surface area is 148 Å². The van der Waals surface area contributed by atoms with Crippen molar-refractivity contribution >= 4 is 11.8 Å². The summed E-state index contributed by atoms with van der Waals surface area (Å²) in [5, 5.41) is 3.90. The molecular weight excluding hydrogens is 351 g/mol. The monoisotopic (exact) mass is 371 g/mol. The van der Waals surface area contributed by atoms with Crippen LogP contribution >= 0.6 is 0 Å². The van der Waals surface area contributed by atoms with E-state index in [9.17, 15) is 22.8 Å². The molecule has 2 saturated heterocycles. The van der Waals surface area contributed by atoms with Gasteiger partial charge < -0.3 is 5.32 Å². The van der Waals surface area contributed by atoms with Gasteiger partial charge in [0.1, 0.15) is 0 Å². The van der Waals surface area contributed by atoms with Gasteiger partial charge in [0.05, 0.1) is 31.2 Å². The summed E-state index contributed by atoms with van der Waals surface area (Å²) >= 11 is 0. The maximum absolute atomic E-state index is 13.2. The van der Waals surface area contributed by atoms with Crippen molar-refractivity contribution in [2.75, 3.05) is 26.2 Å². The summed E-state index contributed by atoms with van der Waals surface area (Å²) in [5.74, 6) is -0.688. The number of alkyl halides is 3. The molecule has 2 amide bonds. The van der Waals surface area contributed by atoms with Crippen LogP contribution in [0.1, 0.15) is 24.0 Å². The van der Waals surface area contributed by atoms with Gasteiger partial charge in [-0.1, -0.05) is 18.2 Å². The van der Waals surface area contributed by atoms with Crippen molar-refractivity contribution in [3.8, 4) is 0 Å². The molecule has 0 radical (unpaired) electrons. The SMILES string of the molecule is O=C1NCCN(Cc2ccccc2C(F)(F)F)C1CC(=O)N1CCCO1. The van der Waals surface area contributed by atoms with E-state index >= 15 is 0 Å². The maximum Gasteiger partial charge on any atom is 0.416 e. The Morgan fingerprint density at radius 3 is 2.73 bits per heavy atom. The Kier molecular flexibility index (Phi) is 5.47. The molecule has 0 spiro atoms. The fraction of sp³-hybridized carbons (Fsp3) is 0.529. The van der Waals surface area contributed by atoms with Crippen molar-refractivity contribution in [1.82, 2.24) is 15.3 Å². The van der Waals surface area contributed by atoms with Crippen LogP contribution in [-0.4, -0.2) is 54.1 Å². The Hall–Kier alpha value is -2.13. The van der Waals surface area contributed by atoms with Gasteiger partial charge in [0.25, 0.3) is 0 Å². The minimum Gasteiger partial charge on any atom is -0.353 e. The van der Waals surface area contributed by atoms with Crippen LogP contribution < -0.4 is 5.32 Å². The number of hydrogen-bond acceptors (Lipinski definition) is 4. The second-order valence-electron chi connectivity index (χ2n) is 6.32. The molecular formula is C17H20F3N3O3. The minimum atomic E-state index is -4.47. The molecule has 0 saturated carbocycles. The first-order chi connectivity index (χ1) is 12.4. The third-order valence-corrected chi connectivity index (χ3v) is 4.54. The molecule has 1 N–H and O–H groups in total. The van der Waals surface area contributed by atoms with Crippen molar-refractivity contribution in [2.45, 2.75) is 31.6 Å². The lowest BCUT2D eigenvalue weighted by Crippen LogP contribution is -2.56. The van der Waals surface area contributed by atoms with E-state index in [1.807, 2.05) is 0 Å². The van der Waals surface area contributed by atoms with E-state index in [-0.39, 0.29) is 30.3 Å². The summed E-state index contributed by atoms with van der Waals surface area (Å²) in [6, 6.07) is 4.48. The van der Waals surface area contributed by atoms with Gasteiger partial charge in [-0.15, -0.1) is 0 Å². The first kappa shape index (κ1) is 18.7. The molecule has 2 heterocycles. The van der Waals surface area contributed by atoms with Crippen molar-refractivity contribution in [3.63, 3.8) is 0 Å². The highest BCUT2D eigenvalue weighted by atomic mass is 19.4. The standard InChI is InChI=1S/C17H20F3N3O3/c18-17(19,20)13-5-2-1-4-12(13)11-22-8-6-21-16(25)14(22)10-15(24)23-7-3-9-26-23/h1-2,4-5,14H,3,6-11H2,(H,21,25). The third kappa shape index (κ3) is 4.16. The fourth-order valence-corrected chi connectivity index (χ4v) is 3.24. The van der Waals surface area contributed by atoms with Gasteiger partial charge in [0.15, 0.2) is 0 Å². The molecule has 1 aromatic carbocycles. The highest BCUT2D eigenvalue weighted by Gasteiger charge is 2.37. The van der Waals surface area contributed by atoms with Crippen molar-refractivity contribution in [1.29, 1.82) is 0 Å². The number of halogens is 3. The molecule has 2 aliphatic rings.